The number of halogens is 2. The highest BCUT2D eigenvalue weighted by atomic mass is 79.9. The molecule has 1 atom stereocenters. The molecular formula is C14H15BrFNO. The fourth-order valence-electron chi connectivity index (χ4n) is 1.84. The number of benzene rings is 1. The van der Waals surface area contributed by atoms with Crippen molar-refractivity contribution in [2.75, 3.05) is 6.54 Å². The van der Waals surface area contributed by atoms with Crippen LogP contribution in [-0.4, -0.2) is 6.54 Å². The van der Waals surface area contributed by atoms with Crippen LogP contribution in [0.5, 0.6) is 0 Å². The van der Waals surface area contributed by atoms with Crippen molar-refractivity contribution in [3.05, 3.63) is 58.2 Å². The van der Waals surface area contributed by atoms with Crippen LogP contribution in [0.2, 0.25) is 0 Å². The van der Waals surface area contributed by atoms with Gasteiger partial charge in [0.15, 0.2) is 0 Å². The average Bonchev–Trinajstić information content (AvgIpc) is 2.88. The van der Waals surface area contributed by atoms with Gasteiger partial charge in [-0.1, -0.05) is 22.9 Å². The van der Waals surface area contributed by atoms with Crippen LogP contribution < -0.4 is 5.32 Å². The van der Waals surface area contributed by atoms with Gasteiger partial charge in [-0.05, 0) is 43.3 Å². The molecule has 2 nitrogen and oxygen atoms in total. The number of rotatable bonds is 5. The molecule has 4 heteroatoms. The fraction of sp³-hybridized carbons (Fsp3) is 0.286. The van der Waals surface area contributed by atoms with Crippen molar-refractivity contribution in [3.8, 4) is 0 Å². The van der Waals surface area contributed by atoms with E-state index in [4.69, 9.17) is 4.42 Å². The molecule has 0 bridgehead atoms. The predicted molar refractivity (Wildman–Crippen MR) is 72.9 cm³/mol. The van der Waals surface area contributed by atoms with Crippen LogP contribution in [0.15, 0.2) is 45.5 Å². The summed E-state index contributed by atoms with van der Waals surface area (Å²) >= 11 is 3.37. The number of hydrogen-bond acceptors (Lipinski definition) is 2. The van der Waals surface area contributed by atoms with Gasteiger partial charge in [-0.25, -0.2) is 4.39 Å². The Kier molecular flexibility index (Phi) is 4.55. The van der Waals surface area contributed by atoms with Crippen molar-refractivity contribution >= 4 is 15.9 Å². The van der Waals surface area contributed by atoms with Crippen molar-refractivity contribution in [2.24, 2.45) is 0 Å². The van der Waals surface area contributed by atoms with Gasteiger partial charge in [0, 0.05) is 10.0 Å². The molecular weight excluding hydrogens is 297 g/mol. The Morgan fingerprint density at radius 3 is 2.89 bits per heavy atom. The van der Waals surface area contributed by atoms with Crippen LogP contribution in [-0.2, 0) is 0 Å². The van der Waals surface area contributed by atoms with Gasteiger partial charge in [0.05, 0.1) is 12.3 Å². The van der Waals surface area contributed by atoms with E-state index in [0.29, 0.717) is 5.56 Å². The molecule has 0 spiro atoms. The summed E-state index contributed by atoms with van der Waals surface area (Å²) in [6, 6.07) is 8.35. The van der Waals surface area contributed by atoms with E-state index in [0.717, 1.165) is 23.2 Å². The van der Waals surface area contributed by atoms with Crippen LogP contribution >= 0.6 is 15.9 Å². The lowest BCUT2D eigenvalue weighted by Crippen LogP contribution is -2.23. The van der Waals surface area contributed by atoms with E-state index in [2.05, 4.69) is 28.2 Å². The normalized spacial score (nSPS) is 12.6. The first-order valence-corrected chi connectivity index (χ1v) is 6.73. The van der Waals surface area contributed by atoms with Crippen molar-refractivity contribution < 1.29 is 8.81 Å². The summed E-state index contributed by atoms with van der Waals surface area (Å²) in [5.41, 5.74) is 0.591. The highest BCUT2D eigenvalue weighted by Crippen LogP contribution is 2.27. The highest BCUT2D eigenvalue weighted by molar-refractivity contribution is 9.10. The van der Waals surface area contributed by atoms with Crippen LogP contribution in [0.25, 0.3) is 0 Å². The number of nitrogens with one attached hydrogen (secondary N) is 1. The molecule has 1 N–H and O–H groups in total. The lowest BCUT2D eigenvalue weighted by Gasteiger charge is -2.17. The molecule has 96 valence electrons. The lowest BCUT2D eigenvalue weighted by atomic mass is 10.0. The minimum absolute atomic E-state index is 0.233. The summed E-state index contributed by atoms with van der Waals surface area (Å²) in [4.78, 5) is 0. The van der Waals surface area contributed by atoms with Gasteiger partial charge < -0.3 is 9.73 Å². The molecule has 2 aromatic rings. The molecule has 0 aliphatic carbocycles. The Hall–Kier alpha value is -1.13. The van der Waals surface area contributed by atoms with Crippen LogP contribution in [0.3, 0.4) is 0 Å². The molecule has 18 heavy (non-hydrogen) atoms. The van der Waals surface area contributed by atoms with E-state index in [-0.39, 0.29) is 11.9 Å². The van der Waals surface area contributed by atoms with Crippen LogP contribution in [0.4, 0.5) is 4.39 Å². The summed E-state index contributed by atoms with van der Waals surface area (Å²) in [5, 5.41) is 3.30. The number of furan rings is 1. The molecule has 0 aliphatic heterocycles. The predicted octanol–water partition coefficient (Wildman–Crippen LogP) is 4.27. The Balaban J connectivity index is 2.36. The summed E-state index contributed by atoms with van der Waals surface area (Å²) in [5.74, 6) is 0.489. The maximum Gasteiger partial charge on any atom is 0.128 e. The molecule has 0 amide bonds. The first-order chi connectivity index (χ1) is 8.72. The molecule has 2 rings (SSSR count). The topological polar surface area (TPSA) is 25.2 Å². The van der Waals surface area contributed by atoms with Crippen LogP contribution in [0, 0.1) is 5.82 Å². The third-order valence-electron chi connectivity index (χ3n) is 2.70. The lowest BCUT2D eigenvalue weighted by molar-refractivity contribution is 0.436. The first kappa shape index (κ1) is 13.3. The van der Waals surface area contributed by atoms with E-state index in [1.54, 1.807) is 18.4 Å². The maximum atomic E-state index is 13.9. The molecule has 1 unspecified atom stereocenters. The molecule has 0 saturated carbocycles. The molecule has 0 aliphatic rings. The standard InChI is InChI=1S/C14H15BrFNO/c1-2-7-17-14(13-4-3-8-18-13)11-9-10(15)5-6-12(11)16/h3-6,8-9,14,17H,2,7H2,1H3. The fourth-order valence-corrected chi connectivity index (χ4v) is 2.22. The zero-order valence-corrected chi connectivity index (χ0v) is 11.7. The third-order valence-corrected chi connectivity index (χ3v) is 3.19. The smallest absolute Gasteiger partial charge is 0.128 e. The highest BCUT2D eigenvalue weighted by Gasteiger charge is 2.19. The molecule has 0 fully saturated rings. The Morgan fingerprint density at radius 2 is 2.22 bits per heavy atom. The van der Waals surface area contributed by atoms with E-state index in [1.165, 1.54) is 6.07 Å². The largest absolute Gasteiger partial charge is 0.467 e. The monoisotopic (exact) mass is 311 g/mol. The molecule has 0 saturated heterocycles. The van der Waals surface area contributed by atoms with Gasteiger partial charge in [0.2, 0.25) is 0 Å². The second kappa shape index (κ2) is 6.16. The van der Waals surface area contributed by atoms with E-state index in [9.17, 15) is 4.39 Å². The Morgan fingerprint density at radius 1 is 1.39 bits per heavy atom. The van der Waals surface area contributed by atoms with Crippen LogP contribution in [0.1, 0.15) is 30.7 Å². The summed E-state index contributed by atoms with van der Waals surface area (Å²) in [6.07, 6.45) is 2.58. The minimum atomic E-state index is -0.252. The van der Waals surface area contributed by atoms with E-state index >= 15 is 0 Å². The summed E-state index contributed by atoms with van der Waals surface area (Å²) < 4.78 is 20.2. The molecule has 1 aromatic carbocycles. The SMILES string of the molecule is CCCNC(c1ccco1)c1cc(Br)ccc1F. The van der Waals surface area contributed by atoms with Crippen molar-refractivity contribution in [3.63, 3.8) is 0 Å². The van der Waals surface area contributed by atoms with Gasteiger partial charge in [-0.2, -0.15) is 0 Å². The van der Waals surface area contributed by atoms with Gasteiger partial charge in [-0.3, -0.25) is 0 Å². The van der Waals surface area contributed by atoms with E-state index < -0.39 is 0 Å². The van der Waals surface area contributed by atoms with Gasteiger partial charge in [0.25, 0.3) is 0 Å². The average molecular weight is 312 g/mol. The minimum Gasteiger partial charge on any atom is -0.467 e. The zero-order chi connectivity index (χ0) is 13.0. The summed E-state index contributed by atoms with van der Waals surface area (Å²) in [6.45, 7) is 2.88. The first-order valence-electron chi connectivity index (χ1n) is 5.94. The van der Waals surface area contributed by atoms with Crippen molar-refractivity contribution in [1.29, 1.82) is 0 Å². The second-order valence-electron chi connectivity index (χ2n) is 4.07. The van der Waals surface area contributed by atoms with Crippen molar-refractivity contribution in [1.82, 2.24) is 5.32 Å². The third kappa shape index (κ3) is 3.00. The Bertz CT molecular complexity index is 499. The van der Waals surface area contributed by atoms with Gasteiger partial charge in [0.1, 0.15) is 11.6 Å². The quantitative estimate of drug-likeness (QED) is 0.892. The second-order valence-corrected chi connectivity index (χ2v) is 4.98. The summed E-state index contributed by atoms with van der Waals surface area (Å²) in [7, 11) is 0. The molecule has 0 radical (unpaired) electrons. The molecule has 1 aromatic heterocycles. The van der Waals surface area contributed by atoms with Gasteiger partial charge >= 0.3 is 0 Å². The zero-order valence-electron chi connectivity index (χ0n) is 10.1. The van der Waals surface area contributed by atoms with Gasteiger partial charge in [-0.15, -0.1) is 0 Å². The Labute approximate surface area is 114 Å². The molecule has 1 heterocycles. The number of hydrogen-bond donors (Lipinski definition) is 1. The maximum absolute atomic E-state index is 13.9. The van der Waals surface area contributed by atoms with Crippen molar-refractivity contribution in [2.45, 2.75) is 19.4 Å². The van der Waals surface area contributed by atoms with E-state index in [1.807, 2.05) is 12.1 Å².